The van der Waals surface area contributed by atoms with Crippen LogP contribution >= 0.6 is 0 Å². The molecule has 4 aromatic heterocycles. The van der Waals surface area contributed by atoms with Gasteiger partial charge in [0.25, 0.3) is 0 Å². The van der Waals surface area contributed by atoms with E-state index >= 15 is 0 Å². The van der Waals surface area contributed by atoms with E-state index in [1.54, 1.807) is 0 Å². The molecule has 244 valence electrons. The number of nitrogens with one attached hydrogen (secondary N) is 4. The van der Waals surface area contributed by atoms with Crippen molar-refractivity contribution in [1.29, 1.82) is 0 Å². The van der Waals surface area contributed by atoms with Crippen LogP contribution < -0.4 is 4.74 Å². The molecule has 0 atom stereocenters. The Balaban J connectivity index is 1.10. The summed E-state index contributed by atoms with van der Waals surface area (Å²) < 4.78 is 6.64. The zero-order chi connectivity index (χ0) is 34.1. The lowest BCUT2D eigenvalue weighted by atomic mass is 10.0. The van der Waals surface area contributed by atoms with E-state index in [4.69, 9.17) is 24.7 Å². The van der Waals surface area contributed by atoms with E-state index in [1.165, 1.54) is 0 Å². The minimum atomic E-state index is 0.657. The van der Waals surface area contributed by atoms with Crippen molar-refractivity contribution >= 4 is 44.1 Å². The highest BCUT2D eigenvalue weighted by atomic mass is 16.5. The molecule has 9 nitrogen and oxygen atoms in total. The molecule has 0 saturated carbocycles. The predicted octanol–water partition coefficient (Wildman–Crippen LogP) is 10.3. The Morgan fingerprint density at radius 1 is 0.373 bits per heavy atom. The summed E-state index contributed by atoms with van der Waals surface area (Å²) in [5.74, 6) is 4.29. The first-order valence-electron chi connectivity index (χ1n) is 16.8. The Morgan fingerprint density at radius 2 is 0.765 bits per heavy atom. The van der Waals surface area contributed by atoms with Gasteiger partial charge in [0, 0.05) is 22.3 Å². The molecule has 4 N–H and O–H groups in total. The standard InChI is InChI=1S/C42H30N8O/c1-23-11-17-35-37(19-23)49-41(47-35)29-21-25(13-15-27(29)39-43-31-7-3-4-8-32(31)44-39)51-26-14-16-28(40-45-33-9-5-6-10-34(33)46-40)30(22-26)42-48-36-18-12-24(2)20-38(36)50-42/h3-22H,1-2H3,(H,43,44)(H,45,46)(H,47,49)(H,48,50). The van der Waals surface area contributed by atoms with E-state index in [0.717, 1.165) is 101 Å². The molecule has 51 heavy (non-hydrogen) atoms. The quantitative estimate of drug-likeness (QED) is 0.141. The number of ether oxygens (including phenoxy) is 1. The third-order valence-electron chi connectivity index (χ3n) is 9.29. The van der Waals surface area contributed by atoms with Gasteiger partial charge in [-0.3, -0.25) is 0 Å². The molecule has 0 radical (unpaired) electrons. The average molecular weight is 663 g/mol. The lowest BCUT2D eigenvalue weighted by Crippen LogP contribution is -1.94. The van der Waals surface area contributed by atoms with E-state index in [9.17, 15) is 0 Å². The normalized spacial score (nSPS) is 11.7. The fraction of sp³-hybridized carbons (Fsp3) is 0.0476. The minimum Gasteiger partial charge on any atom is -0.457 e. The summed E-state index contributed by atoms with van der Waals surface area (Å²) in [5.41, 5.74) is 13.3. The van der Waals surface area contributed by atoms with Gasteiger partial charge in [-0.25, -0.2) is 19.9 Å². The SMILES string of the molecule is Cc1ccc2nc(-c3cc(Oc4ccc(-c5nc6ccccc6[nH]5)c(-c5nc6ccc(C)cc6[nH]5)c4)ccc3-c3nc4ccccc4[nH]3)[nH]c2c1. The molecular formula is C42H30N8O. The Kier molecular flexibility index (Phi) is 6.41. The van der Waals surface area contributed by atoms with Crippen molar-refractivity contribution in [3.8, 4) is 57.1 Å². The Morgan fingerprint density at radius 3 is 1.22 bits per heavy atom. The molecule has 0 bridgehead atoms. The maximum absolute atomic E-state index is 6.64. The lowest BCUT2D eigenvalue weighted by Gasteiger charge is -2.12. The maximum Gasteiger partial charge on any atom is 0.139 e. The van der Waals surface area contributed by atoms with Crippen LogP contribution in [0.4, 0.5) is 0 Å². The maximum atomic E-state index is 6.64. The smallest absolute Gasteiger partial charge is 0.139 e. The van der Waals surface area contributed by atoms with Crippen molar-refractivity contribution in [3.63, 3.8) is 0 Å². The van der Waals surface area contributed by atoms with Gasteiger partial charge < -0.3 is 24.7 Å². The molecule has 0 aliphatic rings. The monoisotopic (exact) mass is 662 g/mol. The van der Waals surface area contributed by atoms with E-state index in [2.05, 4.69) is 58.0 Å². The number of imidazole rings is 4. The highest BCUT2D eigenvalue weighted by molar-refractivity contribution is 5.90. The van der Waals surface area contributed by atoms with Crippen molar-refractivity contribution in [1.82, 2.24) is 39.9 Å². The summed E-state index contributed by atoms with van der Waals surface area (Å²) in [4.78, 5) is 33.9. The van der Waals surface area contributed by atoms with Crippen LogP contribution in [-0.2, 0) is 0 Å². The zero-order valence-electron chi connectivity index (χ0n) is 27.7. The molecule has 9 heteroatoms. The van der Waals surface area contributed by atoms with Crippen LogP contribution in [0.5, 0.6) is 11.5 Å². The van der Waals surface area contributed by atoms with Crippen LogP contribution in [0.1, 0.15) is 11.1 Å². The number of hydrogen-bond acceptors (Lipinski definition) is 5. The van der Waals surface area contributed by atoms with Crippen LogP contribution in [0.25, 0.3) is 89.7 Å². The highest BCUT2D eigenvalue weighted by Crippen LogP contribution is 2.39. The molecule has 0 aliphatic carbocycles. The summed E-state index contributed by atoms with van der Waals surface area (Å²) >= 11 is 0. The number of aromatic amines is 4. The number of aromatic nitrogens is 8. The van der Waals surface area contributed by atoms with Crippen LogP contribution in [0.15, 0.2) is 121 Å². The second-order valence-electron chi connectivity index (χ2n) is 12.9. The summed E-state index contributed by atoms with van der Waals surface area (Å²) in [5, 5.41) is 0. The third-order valence-corrected chi connectivity index (χ3v) is 9.29. The summed E-state index contributed by atoms with van der Waals surface area (Å²) in [6, 6.07) is 40.5. The summed E-state index contributed by atoms with van der Waals surface area (Å²) in [6.07, 6.45) is 0. The van der Waals surface area contributed by atoms with E-state index < -0.39 is 0 Å². The van der Waals surface area contributed by atoms with E-state index in [0.29, 0.717) is 11.5 Å². The molecule has 0 unspecified atom stereocenters. The number of aryl methyl sites for hydroxylation is 2. The summed E-state index contributed by atoms with van der Waals surface area (Å²) in [7, 11) is 0. The molecule has 10 aromatic rings. The average Bonchev–Trinajstić information content (AvgIpc) is 3.95. The number of hydrogen-bond donors (Lipinski definition) is 4. The van der Waals surface area contributed by atoms with Gasteiger partial charge >= 0.3 is 0 Å². The van der Waals surface area contributed by atoms with Crippen molar-refractivity contribution < 1.29 is 4.74 Å². The predicted molar refractivity (Wildman–Crippen MR) is 203 cm³/mol. The fourth-order valence-electron chi connectivity index (χ4n) is 6.78. The van der Waals surface area contributed by atoms with E-state index in [1.807, 2.05) is 97.1 Å². The second kappa shape index (κ2) is 11.3. The molecule has 0 aliphatic heterocycles. The van der Waals surface area contributed by atoms with Crippen molar-refractivity contribution in [2.75, 3.05) is 0 Å². The first kappa shape index (κ1) is 29.0. The van der Waals surface area contributed by atoms with Gasteiger partial charge in [-0.2, -0.15) is 0 Å². The molecule has 0 fully saturated rings. The lowest BCUT2D eigenvalue weighted by molar-refractivity contribution is 0.483. The highest BCUT2D eigenvalue weighted by Gasteiger charge is 2.19. The van der Waals surface area contributed by atoms with Crippen molar-refractivity contribution in [2.24, 2.45) is 0 Å². The molecule has 0 spiro atoms. The van der Waals surface area contributed by atoms with Gasteiger partial charge in [0.1, 0.15) is 34.8 Å². The van der Waals surface area contributed by atoms with Gasteiger partial charge in [-0.1, -0.05) is 36.4 Å². The van der Waals surface area contributed by atoms with Crippen LogP contribution in [0, 0.1) is 13.8 Å². The second-order valence-corrected chi connectivity index (χ2v) is 12.9. The van der Waals surface area contributed by atoms with Crippen molar-refractivity contribution in [3.05, 3.63) is 132 Å². The van der Waals surface area contributed by atoms with Crippen LogP contribution in [0.2, 0.25) is 0 Å². The Hall–Kier alpha value is -7.00. The molecule has 10 rings (SSSR count). The number of nitrogens with zero attached hydrogens (tertiary/aromatic N) is 4. The largest absolute Gasteiger partial charge is 0.457 e. The molecular weight excluding hydrogens is 633 g/mol. The molecule has 6 aromatic carbocycles. The number of benzene rings is 6. The first-order chi connectivity index (χ1) is 25.0. The van der Waals surface area contributed by atoms with E-state index in [-0.39, 0.29) is 0 Å². The van der Waals surface area contributed by atoms with Gasteiger partial charge in [0.15, 0.2) is 0 Å². The van der Waals surface area contributed by atoms with Gasteiger partial charge in [0.2, 0.25) is 0 Å². The molecule has 0 amide bonds. The zero-order valence-corrected chi connectivity index (χ0v) is 27.7. The minimum absolute atomic E-state index is 0.657. The summed E-state index contributed by atoms with van der Waals surface area (Å²) in [6.45, 7) is 4.16. The first-order valence-corrected chi connectivity index (χ1v) is 16.8. The number of rotatable bonds is 6. The van der Waals surface area contributed by atoms with Crippen molar-refractivity contribution in [2.45, 2.75) is 13.8 Å². The van der Waals surface area contributed by atoms with Crippen LogP contribution in [-0.4, -0.2) is 39.9 Å². The number of para-hydroxylation sites is 4. The number of fused-ring (bicyclic) bond motifs is 4. The Labute approximate surface area is 291 Å². The van der Waals surface area contributed by atoms with Gasteiger partial charge in [-0.05, 0) is 110 Å². The Bertz CT molecular complexity index is 2680. The van der Waals surface area contributed by atoms with Crippen LogP contribution in [0.3, 0.4) is 0 Å². The molecule has 4 heterocycles. The third kappa shape index (κ3) is 5.10. The van der Waals surface area contributed by atoms with Gasteiger partial charge in [0.05, 0.1) is 44.1 Å². The fourth-order valence-corrected chi connectivity index (χ4v) is 6.78. The topological polar surface area (TPSA) is 124 Å². The number of H-pyrrole nitrogens is 4. The van der Waals surface area contributed by atoms with Gasteiger partial charge in [-0.15, -0.1) is 0 Å². The molecule has 0 saturated heterocycles.